The average molecular weight is 458 g/mol. The molecule has 0 amide bonds. The third kappa shape index (κ3) is 4.77. The number of fused-ring (bicyclic) bond motifs is 1. The summed E-state index contributed by atoms with van der Waals surface area (Å²) in [7, 11) is 0. The number of imidazole rings is 1. The molecule has 0 unspecified atom stereocenters. The fourth-order valence-electron chi connectivity index (χ4n) is 2.76. The second-order valence-corrected chi connectivity index (χ2v) is 7.37. The summed E-state index contributed by atoms with van der Waals surface area (Å²) < 4.78 is 25.9. The number of benzene rings is 2. The van der Waals surface area contributed by atoms with Crippen molar-refractivity contribution in [1.82, 2.24) is 9.97 Å². The minimum Gasteiger partial charge on any atom is -0.490 e. The van der Waals surface area contributed by atoms with Gasteiger partial charge in [-0.25, -0.2) is 9.37 Å². The van der Waals surface area contributed by atoms with E-state index in [1.54, 1.807) is 12.1 Å². The Morgan fingerprint density at radius 2 is 2.14 bits per heavy atom. The standard InChI is InChI=1S/C22H21BrFN3O2/c1-4-13(3)29-21-17(23)9-14(10-20(21)28-5-2)8-15(12-25)22-26-18-7-6-16(24)11-19(18)27-22/h6-11,13H,4-5H2,1-3H3,(H,26,27)/b15-8-/t13-/m1/s1. The van der Waals surface area contributed by atoms with Crippen molar-refractivity contribution in [3.8, 4) is 17.6 Å². The average Bonchev–Trinajstić information content (AvgIpc) is 3.11. The lowest BCUT2D eigenvalue weighted by Gasteiger charge is -2.18. The van der Waals surface area contributed by atoms with Crippen molar-refractivity contribution >= 4 is 38.6 Å². The number of hydrogen-bond donors (Lipinski definition) is 1. The molecule has 3 rings (SSSR count). The summed E-state index contributed by atoms with van der Waals surface area (Å²) in [5.41, 5.74) is 2.21. The highest BCUT2D eigenvalue weighted by molar-refractivity contribution is 9.10. The molecule has 0 aliphatic carbocycles. The topological polar surface area (TPSA) is 70.9 Å². The number of nitriles is 1. The summed E-state index contributed by atoms with van der Waals surface area (Å²) in [6.45, 7) is 6.43. The molecule has 29 heavy (non-hydrogen) atoms. The quantitative estimate of drug-likeness (QED) is 0.434. The fraction of sp³-hybridized carbons (Fsp3) is 0.273. The molecule has 7 heteroatoms. The highest BCUT2D eigenvalue weighted by atomic mass is 79.9. The van der Waals surface area contributed by atoms with Crippen LogP contribution in [-0.2, 0) is 0 Å². The SMILES string of the molecule is CCOc1cc(/C=C(/C#N)c2nc3ccc(F)cc3[nH]2)cc(Br)c1O[C@H](C)CC. The molecule has 0 fully saturated rings. The van der Waals surface area contributed by atoms with Crippen LogP contribution in [0, 0.1) is 17.1 Å². The van der Waals surface area contributed by atoms with E-state index in [1.807, 2.05) is 26.0 Å². The molecule has 0 saturated carbocycles. The maximum Gasteiger partial charge on any atom is 0.175 e. The van der Waals surface area contributed by atoms with E-state index in [9.17, 15) is 9.65 Å². The zero-order valence-electron chi connectivity index (χ0n) is 16.4. The van der Waals surface area contributed by atoms with Gasteiger partial charge in [-0.3, -0.25) is 0 Å². The largest absolute Gasteiger partial charge is 0.490 e. The predicted octanol–water partition coefficient (Wildman–Crippen LogP) is 6.10. The second-order valence-electron chi connectivity index (χ2n) is 6.52. The lowest BCUT2D eigenvalue weighted by molar-refractivity contribution is 0.202. The molecular formula is C22H21BrFN3O2. The number of H-pyrrole nitrogens is 1. The zero-order valence-corrected chi connectivity index (χ0v) is 18.0. The summed E-state index contributed by atoms with van der Waals surface area (Å²) in [4.78, 5) is 7.39. The van der Waals surface area contributed by atoms with Gasteiger partial charge in [-0.05, 0) is 78.2 Å². The normalized spacial score (nSPS) is 12.6. The van der Waals surface area contributed by atoms with Crippen LogP contribution in [0.4, 0.5) is 4.39 Å². The molecule has 0 saturated heterocycles. The zero-order chi connectivity index (χ0) is 21.0. The monoisotopic (exact) mass is 457 g/mol. The van der Waals surface area contributed by atoms with Crippen LogP contribution in [0.15, 0.2) is 34.8 Å². The third-order valence-corrected chi connectivity index (χ3v) is 4.95. The molecule has 5 nitrogen and oxygen atoms in total. The van der Waals surface area contributed by atoms with E-state index in [-0.39, 0.29) is 11.9 Å². The van der Waals surface area contributed by atoms with Gasteiger partial charge in [0, 0.05) is 0 Å². The smallest absolute Gasteiger partial charge is 0.175 e. The van der Waals surface area contributed by atoms with Crippen molar-refractivity contribution < 1.29 is 13.9 Å². The molecule has 1 aromatic heterocycles. The molecule has 150 valence electrons. The Morgan fingerprint density at radius 1 is 1.34 bits per heavy atom. The number of nitrogens with one attached hydrogen (secondary N) is 1. The van der Waals surface area contributed by atoms with Crippen LogP contribution in [0.5, 0.6) is 11.5 Å². The first-order valence-electron chi connectivity index (χ1n) is 9.35. The van der Waals surface area contributed by atoms with E-state index in [1.165, 1.54) is 12.1 Å². The van der Waals surface area contributed by atoms with Crippen LogP contribution < -0.4 is 9.47 Å². The van der Waals surface area contributed by atoms with Gasteiger partial charge in [0.25, 0.3) is 0 Å². The van der Waals surface area contributed by atoms with Gasteiger partial charge >= 0.3 is 0 Å². The van der Waals surface area contributed by atoms with E-state index in [0.29, 0.717) is 40.5 Å². The number of rotatable bonds is 7. The minimum atomic E-state index is -0.364. The molecule has 0 bridgehead atoms. The summed E-state index contributed by atoms with van der Waals surface area (Å²) in [5, 5.41) is 9.65. The Kier molecular flexibility index (Phi) is 6.55. The molecule has 1 N–H and O–H groups in total. The molecular weight excluding hydrogens is 437 g/mol. The lowest BCUT2D eigenvalue weighted by Crippen LogP contribution is -2.11. The van der Waals surface area contributed by atoms with Gasteiger partial charge in [0.1, 0.15) is 17.7 Å². The van der Waals surface area contributed by atoms with Crippen molar-refractivity contribution in [3.63, 3.8) is 0 Å². The van der Waals surface area contributed by atoms with Crippen LogP contribution in [0.3, 0.4) is 0 Å². The number of aromatic nitrogens is 2. The number of hydrogen-bond acceptors (Lipinski definition) is 4. The fourth-order valence-corrected chi connectivity index (χ4v) is 3.32. The van der Waals surface area contributed by atoms with Gasteiger partial charge in [-0.2, -0.15) is 5.26 Å². The molecule has 0 spiro atoms. The van der Waals surface area contributed by atoms with Crippen molar-refractivity contribution in [2.45, 2.75) is 33.3 Å². The molecule has 0 aliphatic heterocycles. The number of nitrogens with zero attached hydrogens (tertiary/aromatic N) is 2. The number of allylic oxidation sites excluding steroid dienone is 1. The summed E-state index contributed by atoms with van der Waals surface area (Å²) in [6.07, 6.45) is 2.61. The van der Waals surface area contributed by atoms with Crippen LogP contribution in [0.25, 0.3) is 22.7 Å². The number of aromatic amines is 1. The van der Waals surface area contributed by atoms with Gasteiger partial charge < -0.3 is 14.5 Å². The van der Waals surface area contributed by atoms with Crippen molar-refractivity contribution in [1.29, 1.82) is 5.26 Å². The summed E-state index contributed by atoms with van der Waals surface area (Å²) in [6, 6.07) is 10.1. The molecule has 0 aliphatic rings. The molecule has 1 heterocycles. The Bertz CT molecular complexity index is 1100. The molecule has 0 radical (unpaired) electrons. The van der Waals surface area contributed by atoms with Gasteiger partial charge in [0.15, 0.2) is 11.5 Å². The van der Waals surface area contributed by atoms with Gasteiger partial charge in [-0.15, -0.1) is 0 Å². The van der Waals surface area contributed by atoms with Crippen molar-refractivity contribution in [3.05, 3.63) is 52.0 Å². The van der Waals surface area contributed by atoms with Gasteiger partial charge in [0.05, 0.1) is 33.8 Å². The van der Waals surface area contributed by atoms with Crippen molar-refractivity contribution in [2.24, 2.45) is 0 Å². The Balaban J connectivity index is 2.03. The Hall–Kier alpha value is -2.85. The Morgan fingerprint density at radius 3 is 2.83 bits per heavy atom. The van der Waals surface area contributed by atoms with Crippen LogP contribution in [-0.4, -0.2) is 22.7 Å². The van der Waals surface area contributed by atoms with Crippen LogP contribution in [0.2, 0.25) is 0 Å². The summed E-state index contributed by atoms with van der Waals surface area (Å²) >= 11 is 3.55. The molecule has 1 atom stereocenters. The maximum absolute atomic E-state index is 13.4. The van der Waals surface area contributed by atoms with E-state index >= 15 is 0 Å². The lowest BCUT2D eigenvalue weighted by atomic mass is 10.1. The van der Waals surface area contributed by atoms with E-state index in [2.05, 4.69) is 38.9 Å². The maximum atomic E-state index is 13.4. The third-order valence-electron chi connectivity index (χ3n) is 4.36. The van der Waals surface area contributed by atoms with E-state index in [0.717, 1.165) is 16.5 Å². The van der Waals surface area contributed by atoms with E-state index in [4.69, 9.17) is 9.47 Å². The first-order valence-corrected chi connectivity index (χ1v) is 10.1. The van der Waals surface area contributed by atoms with Gasteiger partial charge in [0.2, 0.25) is 0 Å². The Labute approximate surface area is 177 Å². The molecule has 2 aromatic carbocycles. The first kappa shape index (κ1) is 20.9. The highest BCUT2D eigenvalue weighted by Crippen LogP contribution is 2.38. The van der Waals surface area contributed by atoms with Gasteiger partial charge in [-0.1, -0.05) is 6.92 Å². The second kappa shape index (κ2) is 9.10. The van der Waals surface area contributed by atoms with Crippen LogP contribution in [0.1, 0.15) is 38.6 Å². The highest BCUT2D eigenvalue weighted by Gasteiger charge is 2.15. The minimum absolute atomic E-state index is 0.0394. The van der Waals surface area contributed by atoms with Crippen LogP contribution >= 0.6 is 15.9 Å². The first-order chi connectivity index (χ1) is 13.9. The molecule has 3 aromatic rings. The van der Waals surface area contributed by atoms with E-state index < -0.39 is 0 Å². The number of ether oxygens (including phenoxy) is 2. The summed E-state index contributed by atoms with van der Waals surface area (Å²) in [5.74, 6) is 1.24. The van der Waals surface area contributed by atoms with Crippen molar-refractivity contribution in [2.75, 3.05) is 6.61 Å². The predicted molar refractivity (Wildman–Crippen MR) is 115 cm³/mol. The number of halogens is 2.